The van der Waals surface area contributed by atoms with Gasteiger partial charge in [-0.15, -0.1) is 0 Å². The van der Waals surface area contributed by atoms with Gasteiger partial charge in [-0.25, -0.2) is 5.32 Å². The monoisotopic (exact) mass is 156 g/mol. The summed E-state index contributed by atoms with van der Waals surface area (Å²) in [6, 6.07) is 0. The number of nitrogens with zero attached hydrogens (tertiary/aromatic N) is 3. The van der Waals surface area contributed by atoms with E-state index >= 15 is 0 Å². The second kappa shape index (κ2) is 4.70. The first-order valence-corrected chi connectivity index (χ1v) is 4.29. The molecule has 3 nitrogen and oxygen atoms in total. The Hall–Kier alpha value is -0.120. The Balaban J connectivity index is 2.07. The molecule has 1 radical (unpaired) electrons. The zero-order chi connectivity index (χ0) is 8.10. The van der Waals surface area contributed by atoms with Crippen molar-refractivity contribution >= 4 is 0 Å². The molecular weight excluding hydrogens is 138 g/mol. The molecule has 65 valence electrons. The summed E-state index contributed by atoms with van der Waals surface area (Å²) < 4.78 is 0. The second-order valence-corrected chi connectivity index (χ2v) is 3.18. The van der Waals surface area contributed by atoms with Gasteiger partial charge in [0.1, 0.15) is 0 Å². The molecule has 0 saturated carbocycles. The molecule has 1 fully saturated rings. The van der Waals surface area contributed by atoms with E-state index in [9.17, 15) is 0 Å². The van der Waals surface area contributed by atoms with Gasteiger partial charge in [0.15, 0.2) is 0 Å². The van der Waals surface area contributed by atoms with Gasteiger partial charge in [-0.3, -0.25) is 4.90 Å². The van der Waals surface area contributed by atoms with E-state index in [4.69, 9.17) is 0 Å². The molecule has 11 heavy (non-hydrogen) atoms. The summed E-state index contributed by atoms with van der Waals surface area (Å²) in [5.41, 5.74) is 0. The molecule has 1 aliphatic rings. The maximum Gasteiger partial charge on any atom is 0.0258 e. The highest BCUT2D eigenvalue weighted by Crippen LogP contribution is 1.97. The topological polar surface area (TPSA) is 20.6 Å². The predicted molar refractivity (Wildman–Crippen MR) is 46.9 cm³/mol. The fourth-order valence-corrected chi connectivity index (χ4v) is 1.31. The van der Waals surface area contributed by atoms with Crippen LogP contribution in [-0.4, -0.2) is 63.2 Å². The van der Waals surface area contributed by atoms with Gasteiger partial charge in [0.25, 0.3) is 0 Å². The summed E-state index contributed by atoms with van der Waals surface area (Å²) in [6.45, 7) is 6.99. The quantitative estimate of drug-likeness (QED) is 0.547. The van der Waals surface area contributed by atoms with Gasteiger partial charge in [-0.1, -0.05) is 0 Å². The highest BCUT2D eigenvalue weighted by atomic mass is 15.2. The molecule has 1 aliphatic heterocycles. The standard InChI is InChI=1S/C8H18N3/c1-9-3-4-11-7-5-10(2)6-8-11/h3-8H2,1-2H3. The smallest absolute Gasteiger partial charge is 0.0258 e. The zero-order valence-electron chi connectivity index (χ0n) is 7.58. The first-order valence-electron chi connectivity index (χ1n) is 4.29. The van der Waals surface area contributed by atoms with Gasteiger partial charge in [0.2, 0.25) is 0 Å². The van der Waals surface area contributed by atoms with Crippen molar-refractivity contribution in [2.75, 3.05) is 53.4 Å². The van der Waals surface area contributed by atoms with Crippen molar-refractivity contribution in [3.05, 3.63) is 0 Å². The molecule has 0 aromatic rings. The minimum atomic E-state index is 0.990. The van der Waals surface area contributed by atoms with Crippen LogP contribution in [0.25, 0.3) is 0 Å². The molecule has 0 amide bonds. The number of hydrogen-bond donors (Lipinski definition) is 0. The van der Waals surface area contributed by atoms with Crippen molar-refractivity contribution in [1.29, 1.82) is 0 Å². The van der Waals surface area contributed by atoms with Crippen molar-refractivity contribution < 1.29 is 0 Å². The lowest BCUT2D eigenvalue weighted by atomic mass is 10.3. The maximum atomic E-state index is 4.09. The van der Waals surface area contributed by atoms with Gasteiger partial charge < -0.3 is 4.90 Å². The van der Waals surface area contributed by atoms with Crippen molar-refractivity contribution in [3.63, 3.8) is 0 Å². The van der Waals surface area contributed by atoms with Crippen LogP contribution in [0.4, 0.5) is 0 Å². The van der Waals surface area contributed by atoms with Crippen LogP contribution in [-0.2, 0) is 0 Å². The van der Waals surface area contributed by atoms with Crippen molar-refractivity contribution in [1.82, 2.24) is 15.1 Å². The lowest BCUT2D eigenvalue weighted by Crippen LogP contribution is -2.45. The Morgan fingerprint density at radius 3 is 2.36 bits per heavy atom. The molecule has 0 atom stereocenters. The third kappa shape index (κ3) is 3.18. The molecule has 0 spiro atoms. The Kier molecular flexibility index (Phi) is 3.83. The van der Waals surface area contributed by atoms with Crippen LogP contribution in [0.3, 0.4) is 0 Å². The molecule has 0 unspecified atom stereocenters. The van der Waals surface area contributed by atoms with Crippen molar-refractivity contribution in [2.45, 2.75) is 0 Å². The fraction of sp³-hybridized carbons (Fsp3) is 1.00. The van der Waals surface area contributed by atoms with Gasteiger partial charge in [-0.2, -0.15) is 0 Å². The summed E-state index contributed by atoms with van der Waals surface area (Å²) in [7, 11) is 4.07. The highest BCUT2D eigenvalue weighted by Gasteiger charge is 2.12. The van der Waals surface area contributed by atoms with Crippen molar-refractivity contribution in [2.24, 2.45) is 0 Å². The van der Waals surface area contributed by atoms with Crippen LogP contribution in [0.2, 0.25) is 0 Å². The highest BCUT2D eigenvalue weighted by molar-refractivity contribution is 4.69. The largest absolute Gasteiger partial charge is 0.304 e. The normalized spacial score (nSPS) is 22.4. The molecule has 0 aromatic carbocycles. The minimum absolute atomic E-state index is 0.990. The summed E-state index contributed by atoms with van der Waals surface area (Å²) in [4.78, 5) is 4.85. The maximum absolute atomic E-state index is 4.09. The number of piperazine rings is 1. The van der Waals surface area contributed by atoms with E-state index in [0.29, 0.717) is 0 Å². The van der Waals surface area contributed by atoms with Gasteiger partial charge in [0, 0.05) is 46.3 Å². The molecule has 0 bridgehead atoms. The van der Waals surface area contributed by atoms with Crippen LogP contribution >= 0.6 is 0 Å². The Morgan fingerprint density at radius 1 is 1.18 bits per heavy atom. The Morgan fingerprint density at radius 2 is 1.82 bits per heavy atom. The number of likely N-dealkylation sites (N-methyl/N-ethyl adjacent to an activating group) is 2. The van der Waals surface area contributed by atoms with Gasteiger partial charge >= 0.3 is 0 Å². The third-order valence-electron chi connectivity index (χ3n) is 2.24. The van der Waals surface area contributed by atoms with Crippen LogP contribution in [0.15, 0.2) is 0 Å². The zero-order valence-corrected chi connectivity index (χ0v) is 7.58. The molecule has 0 aliphatic carbocycles. The lowest BCUT2D eigenvalue weighted by molar-refractivity contribution is 0.155. The predicted octanol–water partition coefficient (Wildman–Crippen LogP) is -0.532. The average Bonchev–Trinajstić information content (AvgIpc) is 2.04. The number of rotatable bonds is 3. The van der Waals surface area contributed by atoms with E-state index < -0.39 is 0 Å². The molecule has 1 saturated heterocycles. The van der Waals surface area contributed by atoms with Crippen LogP contribution in [0.5, 0.6) is 0 Å². The van der Waals surface area contributed by atoms with E-state index in [1.165, 1.54) is 26.2 Å². The summed E-state index contributed by atoms with van der Waals surface area (Å²) >= 11 is 0. The van der Waals surface area contributed by atoms with Crippen molar-refractivity contribution in [3.8, 4) is 0 Å². The van der Waals surface area contributed by atoms with Crippen LogP contribution in [0.1, 0.15) is 0 Å². The molecule has 3 heteroatoms. The summed E-state index contributed by atoms with van der Waals surface area (Å²) in [5, 5.41) is 4.09. The first kappa shape index (κ1) is 8.97. The first-order chi connectivity index (χ1) is 5.33. The molecule has 1 rings (SSSR count). The summed E-state index contributed by atoms with van der Waals surface area (Å²) in [6.07, 6.45) is 0. The van der Waals surface area contributed by atoms with E-state index in [-0.39, 0.29) is 0 Å². The third-order valence-corrected chi connectivity index (χ3v) is 2.24. The average molecular weight is 156 g/mol. The van der Waals surface area contributed by atoms with Gasteiger partial charge in [-0.05, 0) is 7.05 Å². The molecule has 1 heterocycles. The minimum Gasteiger partial charge on any atom is -0.304 e. The Labute approximate surface area is 69.4 Å². The Bertz CT molecular complexity index is 94.8. The van der Waals surface area contributed by atoms with E-state index in [1.807, 2.05) is 7.05 Å². The van der Waals surface area contributed by atoms with Crippen LogP contribution < -0.4 is 5.32 Å². The SMILES string of the molecule is C[N]CCN1CCN(C)CC1. The van der Waals surface area contributed by atoms with Crippen LogP contribution in [0, 0.1) is 0 Å². The van der Waals surface area contributed by atoms with E-state index in [0.717, 1.165) is 13.1 Å². The molecular formula is C8H18N3. The molecule has 0 aromatic heterocycles. The molecule has 0 N–H and O–H groups in total. The van der Waals surface area contributed by atoms with E-state index in [1.54, 1.807) is 0 Å². The second-order valence-electron chi connectivity index (χ2n) is 3.18. The van der Waals surface area contributed by atoms with E-state index in [2.05, 4.69) is 22.2 Å². The lowest BCUT2D eigenvalue weighted by Gasteiger charge is -2.31. The summed E-state index contributed by atoms with van der Waals surface area (Å²) in [5.74, 6) is 0. The van der Waals surface area contributed by atoms with Gasteiger partial charge in [0.05, 0.1) is 0 Å². The number of hydrogen-bond acceptors (Lipinski definition) is 2. The fourth-order valence-electron chi connectivity index (χ4n) is 1.31.